The second-order valence-electron chi connectivity index (χ2n) is 7.24. The highest BCUT2D eigenvalue weighted by Gasteiger charge is 2.31. The van der Waals surface area contributed by atoms with Gasteiger partial charge in [0.2, 0.25) is 0 Å². The van der Waals surface area contributed by atoms with E-state index in [-0.39, 0.29) is 12.2 Å². The highest BCUT2D eigenvalue weighted by molar-refractivity contribution is 8.00. The van der Waals surface area contributed by atoms with Crippen molar-refractivity contribution in [1.82, 2.24) is 30.3 Å². The number of carbonyl (C=O) groups is 1. The highest BCUT2D eigenvalue weighted by Crippen LogP contribution is 2.33. The average molecular weight is 563 g/mol. The Labute approximate surface area is 219 Å². The van der Waals surface area contributed by atoms with Gasteiger partial charge in [-0.1, -0.05) is 40.2 Å². The molecule has 15 heteroatoms. The molecule has 3 rings (SSSR count). The van der Waals surface area contributed by atoms with Crippen LogP contribution in [0.15, 0.2) is 28.7 Å². The Morgan fingerprint density at radius 2 is 2.14 bits per heavy atom. The molecule has 0 aliphatic carbocycles. The van der Waals surface area contributed by atoms with Crippen molar-refractivity contribution in [2.75, 3.05) is 20.8 Å². The lowest BCUT2D eigenvalue weighted by Crippen LogP contribution is -2.40. The van der Waals surface area contributed by atoms with E-state index >= 15 is 0 Å². The summed E-state index contributed by atoms with van der Waals surface area (Å²) in [6.07, 6.45) is 0.527. The second-order valence-corrected chi connectivity index (χ2v) is 10.1. The summed E-state index contributed by atoms with van der Waals surface area (Å²) in [6.45, 7) is 1.27. The van der Waals surface area contributed by atoms with Crippen molar-refractivity contribution >= 4 is 52.2 Å². The van der Waals surface area contributed by atoms with Crippen LogP contribution < -0.4 is 5.32 Å². The maximum atomic E-state index is 12.4. The standard InChI is InChI=1S/C20H24Cl2N6O5S2/c1-10(30)14(8-29)33-20(35-15-4-11(21)5-24-17(15)18(31)23-2)13(32-3)7-28-6-12(26-27-28)19-25-16(22)9-34-19/h4-6,9-10,13-14,20,29-30H,7-8H2,1-3H3,(H,23,31)/t10-,13+,14?,20?/m1/s1. The Morgan fingerprint density at radius 3 is 2.74 bits per heavy atom. The van der Waals surface area contributed by atoms with Crippen molar-refractivity contribution in [3.05, 3.63) is 39.7 Å². The minimum atomic E-state index is -0.968. The zero-order chi connectivity index (χ0) is 25.5. The normalized spacial score (nSPS) is 14.9. The molecular formula is C20H24Cl2N6O5S2. The van der Waals surface area contributed by atoms with E-state index in [9.17, 15) is 15.0 Å². The van der Waals surface area contributed by atoms with E-state index in [2.05, 4.69) is 25.6 Å². The van der Waals surface area contributed by atoms with Crippen molar-refractivity contribution in [1.29, 1.82) is 0 Å². The Hall–Kier alpha value is -1.84. The number of amides is 1. The van der Waals surface area contributed by atoms with Gasteiger partial charge in [-0.05, 0) is 13.0 Å². The number of hydrogen-bond donors (Lipinski definition) is 3. The van der Waals surface area contributed by atoms with Crippen LogP contribution in [0.5, 0.6) is 0 Å². The predicted octanol–water partition coefficient (Wildman–Crippen LogP) is 2.35. The second kappa shape index (κ2) is 12.9. The van der Waals surface area contributed by atoms with E-state index in [1.807, 2.05) is 0 Å². The molecule has 0 radical (unpaired) electrons. The number of pyridine rings is 1. The van der Waals surface area contributed by atoms with Gasteiger partial charge in [-0.2, -0.15) is 0 Å². The quantitative estimate of drug-likeness (QED) is 0.222. The van der Waals surface area contributed by atoms with Crippen LogP contribution in [-0.2, 0) is 16.0 Å². The first kappa shape index (κ1) is 27.7. The van der Waals surface area contributed by atoms with Gasteiger partial charge in [0.1, 0.15) is 39.2 Å². The van der Waals surface area contributed by atoms with Gasteiger partial charge < -0.3 is 25.0 Å². The molecule has 0 saturated heterocycles. The molecule has 0 fully saturated rings. The van der Waals surface area contributed by atoms with E-state index in [1.165, 1.54) is 38.6 Å². The lowest BCUT2D eigenvalue weighted by molar-refractivity contribution is -0.105. The van der Waals surface area contributed by atoms with Crippen molar-refractivity contribution in [2.24, 2.45) is 0 Å². The first-order chi connectivity index (χ1) is 16.7. The van der Waals surface area contributed by atoms with E-state index in [0.29, 0.717) is 25.8 Å². The number of methoxy groups -OCH3 is 1. The number of ether oxygens (including phenoxy) is 2. The molecule has 4 atom stereocenters. The molecule has 0 bridgehead atoms. The average Bonchev–Trinajstić information content (AvgIpc) is 3.48. The number of carbonyl (C=O) groups excluding carboxylic acids is 1. The molecule has 3 aromatic heterocycles. The Morgan fingerprint density at radius 1 is 1.37 bits per heavy atom. The van der Waals surface area contributed by atoms with Crippen molar-refractivity contribution in [3.8, 4) is 10.7 Å². The molecule has 3 aromatic rings. The lowest BCUT2D eigenvalue weighted by atomic mass is 10.2. The van der Waals surface area contributed by atoms with Crippen LogP contribution in [0, 0.1) is 0 Å². The van der Waals surface area contributed by atoms with Gasteiger partial charge in [-0.3, -0.25) is 4.79 Å². The van der Waals surface area contributed by atoms with Gasteiger partial charge in [0.15, 0.2) is 0 Å². The zero-order valence-corrected chi connectivity index (χ0v) is 22.1. The lowest BCUT2D eigenvalue weighted by Gasteiger charge is -2.30. The van der Waals surface area contributed by atoms with Crippen molar-refractivity contribution < 1.29 is 24.5 Å². The number of nitrogens with zero attached hydrogens (tertiary/aromatic N) is 5. The van der Waals surface area contributed by atoms with E-state index in [1.54, 1.807) is 22.3 Å². The van der Waals surface area contributed by atoms with Crippen molar-refractivity contribution in [2.45, 2.75) is 42.1 Å². The number of rotatable bonds is 12. The van der Waals surface area contributed by atoms with Crippen LogP contribution >= 0.6 is 46.3 Å². The summed E-state index contributed by atoms with van der Waals surface area (Å²) in [5.41, 5.74) is -0.121. The minimum absolute atomic E-state index is 0.145. The number of nitrogens with one attached hydrogen (secondary N) is 1. The first-order valence-electron chi connectivity index (χ1n) is 10.3. The molecule has 190 valence electrons. The van der Waals surface area contributed by atoms with Gasteiger partial charge in [0.05, 0.1) is 30.5 Å². The third kappa shape index (κ3) is 7.33. The Bertz CT molecular complexity index is 1130. The number of aromatic nitrogens is 5. The van der Waals surface area contributed by atoms with Crippen LogP contribution in [0.4, 0.5) is 0 Å². The smallest absolute Gasteiger partial charge is 0.270 e. The molecule has 3 N–H and O–H groups in total. The maximum Gasteiger partial charge on any atom is 0.270 e. The molecule has 1 amide bonds. The molecule has 0 aliphatic rings. The van der Waals surface area contributed by atoms with Gasteiger partial charge in [0.25, 0.3) is 5.91 Å². The van der Waals surface area contributed by atoms with Crippen LogP contribution in [-0.4, -0.2) is 85.6 Å². The molecule has 35 heavy (non-hydrogen) atoms. The molecule has 3 heterocycles. The number of hydrogen-bond acceptors (Lipinski definition) is 11. The third-order valence-electron chi connectivity index (χ3n) is 4.74. The molecule has 0 aromatic carbocycles. The summed E-state index contributed by atoms with van der Waals surface area (Å²) < 4.78 is 13.3. The Balaban J connectivity index is 1.90. The van der Waals surface area contributed by atoms with Gasteiger partial charge in [-0.25, -0.2) is 14.6 Å². The van der Waals surface area contributed by atoms with Crippen LogP contribution in [0.25, 0.3) is 10.7 Å². The first-order valence-corrected chi connectivity index (χ1v) is 12.8. The fraction of sp³-hybridized carbons (Fsp3) is 0.450. The van der Waals surface area contributed by atoms with E-state index in [0.717, 1.165) is 11.8 Å². The van der Waals surface area contributed by atoms with Gasteiger partial charge in [0, 0.05) is 30.6 Å². The number of aliphatic hydroxyl groups excluding tert-OH is 2. The summed E-state index contributed by atoms with van der Waals surface area (Å²) in [5.74, 6) is -0.408. The third-order valence-corrected chi connectivity index (χ3v) is 7.35. The minimum Gasteiger partial charge on any atom is -0.394 e. The van der Waals surface area contributed by atoms with Gasteiger partial charge in [-0.15, -0.1) is 16.4 Å². The topological polar surface area (TPSA) is 145 Å². The maximum absolute atomic E-state index is 12.4. The number of halogens is 2. The van der Waals surface area contributed by atoms with Crippen LogP contribution in [0.3, 0.4) is 0 Å². The number of thiazole rings is 1. The van der Waals surface area contributed by atoms with E-state index < -0.39 is 36.3 Å². The fourth-order valence-electron chi connectivity index (χ4n) is 2.91. The van der Waals surface area contributed by atoms with Crippen LogP contribution in [0.2, 0.25) is 10.2 Å². The summed E-state index contributed by atoms with van der Waals surface area (Å²) >= 11 is 14.5. The molecule has 2 unspecified atom stereocenters. The van der Waals surface area contributed by atoms with Crippen LogP contribution in [0.1, 0.15) is 17.4 Å². The summed E-state index contributed by atoms with van der Waals surface area (Å²) in [5, 5.41) is 33.6. The predicted molar refractivity (Wildman–Crippen MR) is 133 cm³/mol. The summed E-state index contributed by atoms with van der Waals surface area (Å²) in [4.78, 5) is 21.1. The highest BCUT2D eigenvalue weighted by atomic mass is 35.5. The Kier molecular flexibility index (Phi) is 10.2. The molecule has 0 saturated carbocycles. The monoisotopic (exact) mass is 562 g/mol. The number of aliphatic hydroxyl groups is 2. The fourth-order valence-corrected chi connectivity index (χ4v) is 5.28. The van der Waals surface area contributed by atoms with E-state index in [4.69, 9.17) is 32.7 Å². The largest absolute Gasteiger partial charge is 0.394 e. The van der Waals surface area contributed by atoms with Gasteiger partial charge >= 0.3 is 0 Å². The number of thioether (sulfide) groups is 1. The summed E-state index contributed by atoms with van der Waals surface area (Å²) in [7, 11) is 2.98. The molecule has 0 spiro atoms. The molecule has 11 nitrogen and oxygen atoms in total. The summed E-state index contributed by atoms with van der Waals surface area (Å²) in [6, 6.07) is 1.59. The molecule has 0 aliphatic heterocycles. The van der Waals surface area contributed by atoms with Crippen molar-refractivity contribution in [3.63, 3.8) is 0 Å². The molecular weight excluding hydrogens is 539 g/mol. The zero-order valence-electron chi connectivity index (χ0n) is 19.0. The SMILES string of the molecule is CNC(=O)c1ncc(Cl)cc1SC(OC(CO)[C@@H](C)O)[C@H](Cn1cc(-c2nc(Cl)cs2)nn1)OC.